The summed E-state index contributed by atoms with van der Waals surface area (Å²) in [7, 11) is 0. The topological polar surface area (TPSA) is 36.9 Å². The van der Waals surface area contributed by atoms with Crippen LogP contribution in [0, 0.1) is 11.8 Å². The number of rotatable bonds is 15. The van der Waals surface area contributed by atoms with Gasteiger partial charge in [-0.05, 0) is 44.9 Å². The molecule has 0 unspecified atom stereocenters. The quantitative estimate of drug-likeness (QED) is 0.381. The molecule has 4 heteroatoms. The molecule has 0 bridgehead atoms. The lowest BCUT2D eigenvalue weighted by atomic mass is 10.1. The van der Waals surface area contributed by atoms with Crippen molar-refractivity contribution in [1.29, 1.82) is 0 Å². The monoisotopic (exact) mass is 350 g/mol. The van der Waals surface area contributed by atoms with Gasteiger partial charge < -0.3 is 18.9 Å². The molecule has 0 spiro atoms. The Balaban J connectivity index is -0.000000354. The van der Waals surface area contributed by atoms with Crippen LogP contribution in [0.3, 0.4) is 0 Å². The van der Waals surface area contributed by atoms with Crippen molar-refractivity contribution in [2.45, 2.75) is 68.2 Å². The average Bonchev–Trinajstić information content (AvgIpc) is 2.50. The Morgan fingerprint density at radius 3 is 1.38 bits per heavy atom. The highest BCUT2D eigenvalue weighted by Crippen LogP contribution is 1.99. The van der Waals surface area contributed by atoms with Crippen molar-refractivity contribution in [2.24, 2.45) is 11.8 Å². The third kappa shape index (κ3) is 33.4. The summed E-state index contributed by atoms with van der Waals surface area (Å²) in [5.41, 5.74) is 0. The summed E-state index contributed by atoms with van der Waals surface area (Å²) in [6, 6.07) is 0. The Morgan fingerprint density at radius 2 is 0.917 bits per heavy atom. The van der Waals surface area contributed by atoms with Crippen molar-refractivity contribution in [3.63, 3.8) is 0 Å². The van der Waals surface area contributed by atoms with Gasteiger partial charge in [0.15, 0.2) is 0 Å². The van der Waals surface area contributed by atoms with E-state index in [-0.39, 0.29) is 7.43 Å². The van der Waals surface area contributed by atoms with Crippen LogP contribution in [0.15, 0.2) is 0 Å². The van der Waals surface area contributed by atoms with E-state index in [1.165, 1.54) is 0 Å². The molecule has 0 radical (unpaired) electrons. The van der Waals surface area contributed by atoms with E-state index in [2.05, 4.69) is 27.7 Å². The molecule has 150 valence electrons. The van der Waals surface area contributed by atoms with E-state index in [1.54, 1.807) is 0 Å². The largest absolute Gasteiger partial charge is 0.382 e. The molecule has 24 heavy (non-hydrogen) atoms. The maximum Gasteiger partial charge on any atom is 0.0700 e. The minimum atomic E-state index is 0. The van der Waals surface area contributed by atoms with E-state index in [9.17, 15) is 0 Å². The second-order valence-electron chi connectivity index (χ2n) is 6.34. The van der Waals surface area contributed by atoms with Gasteiger partial charge in [-0.3, -0.25) is 0 Å². The molecule has 0 aromatic carbocycles. The minimum Gasteiger partial charge on any atom is -0.382 e. The maximum atomic E-state index is 5.41. The molecule has 4 nitrogen and oxygen atoms in total. The van der Waals surface area contributed by atoms with Crippen LogP contribution < -0.4 is 0 Å². The molecule has 0 aromatic rings. The van der Waals surface area contributed by atoms with Crippen LogP contribution in [0.4, 0.5) is 0 Å². The standard InChI is InChI=1S/C10H22O2.C9H20O2.CH4/c1-4-11-7-5-8-12-9-6-10(2)3;1-4-10-7-8-11-6-5-9(2)3;/h10H,4-9H2,1-3H3;9H,4-8H2,1-3H3;1H4. The highest BCUT2D eigenvalue weighted by atomic mass is 16.5. The van der Waals surface area contributed by atoms with Crippen molar-refractivity contribution in [1.82, 2.24) is 0 Å². The third-order valence-electron chi connectivity index (χ3n) is 3.04. The van der Waals surface area contributed by atoms with Gasteiger partial charge in [-0.2, -0.15) is 0 Å². The van der Waals surface area contributed by atoms with Gasteiger partial charge >= 0.3 is 0 Å². The Kier molecular flexibility index (Phi) is 29.9. The third-order valence-corrected chi connectivity index (χ3v) is 3.04. The predicted molar refractivity (Wildman–Crippen MR) is 105 cm³/mol. The zero-order chi connectivity index (χ0) is 17.8. The molecule has 0 N–H and O–H groups in total. The highest BCUT2D eigenvalue weighted by molar-refractivity contribution is 4.43. The summed E-state index contributed by atoms with van der Waals surface area (Å²) in [5.74, 6) is 1.49. The summed E-state index contributed by atoms with van der Waals surface area (Å²) < 4.78 is 21.0. The molecule has 0 amide bonds. The van der Waals surface area contributed by atoms with Crippen molar-refractivity contribution in [3.05, 3.63) is 0 Å². The van der Waals surface area contributed by atoms with Gasteiger partial charge in [0, 0.05) is 39.6 Å². The van der Waals surface area contributed by atoms with Crippen LogP contribution in [-0.2, 0) is 18.9 Å². The van der Waals surface area contributed by atoms with Crippen LogP contribution in [0.1, 0.15) is 68.2 Å². The lowest BCUT2D eigenvalue weighted by Gasteiger charge is -2.05. The SMILES string of the molecule is C.CCOCCCOCCC(C)C.CCOCCOCCC(C)C. The molecular formula is C20H46O4. The Labute approximate surface area is 152 Å². The highest BCUT2D eigenvalue weighted by Gasteiger charge is 1.94. The zero-order valence-electron chi connectivity index (χ0n) is 16.6. The van der Waals surface area contributed by atoms with Crippen molar-refractivity contribution in [2.75, 3.05) is 52.9 Å². The molecule has 0 atom stereocenters. The first-order valence-corrected chi connectivity index (χ1v) is 9.35. The van der Waals surface area contributed by atoms with E-state index >= 15 is 0 Å². The van der Waals surface area contributed by atoms with Gasteiger partial charge in [0.2, 0.25) is 0 Å². The van der Waals surface area contributed by atoms with E-state index < -0.39 is 0 Å². The number of ether oxygens (including phenoxy) is 4. The first-order chi connectivity index (χ1) is 11.0. The van der Waals surface area contributed by atoms with Crippen LogP contribution >= 0.6 is 0 Å². The maximum absolute atomic E-state index is 5.41. The minimum absolute atomic E-state index is 0. The van der Waals surface area contributed by atoms with Crippen LogP contribution in [-0.4, -0.2) is 52.9 Å². The van der Waals surface area contributed by atoms with E-state index in [0.717, 1.165) is 84.0 Å². The lowest BCUT2D eigenvalue weighted by molar-refractivity contribution is 0.0488. The fourth-order valence-electron chi connectivity index (χ4n) is 1.51. The van der Waals surface area contributed by atoms with Gasteiger partial charge in [-0.15, -0.1) is 0 Å². The smallest absolute Gasteiger partial charge is 0.0700 e. The normalized spacial score (nSPS) is 10.5. The average molecular weight is 351 g/mol. The van der Waals surface area contributed by atoms with Gasteiger partial charge in [-0.25, -0.2) is 0 Å². The van der Waals surface area contributed by atoms with Gasteiger partial charge in [-0.1, -0.05) is 35.1 Å². The lowest BCUT2D eigenvalue weighted by Crippen LogP contribution is -2.06. The molecule has 0 aliphatic rings. The van der Waals surface area contributed by atoms with E-state index in [0.29, 0.717) is 0 Å². The Morgan fingerprint density at radius 1 is 0.542 bits per heavy atom. The molecular weight excluding hydrogens is 304 g/mol. The first kappa shape index (κ1) is 28.6. The second-order valence-corrected chi connectivity index (χ2v) is 6.34. The second kappa shape index (κ2) is 25.1. The fourth-order valence-corrected chi connectivity index (χ4v) is 1.51. The molecule has 0 aliphatic carbocycles. The van der Waals surface area contributed by atoms with Gasteiger partial charge in [0.25, 0.3) is 0 Å². The number of hydrogen-bond donors (Lipinski definition) is 0. The molecule has 0 saturated heterocycles. The van der Waals surface area contributed by atoms with Crippen LogP contribution in [0.2, 0.25) is 0 Å². The Bertz CT molecular complexity index is 196. The van der Waals surface area contributed by atoms with Gasteiger partial charge in [0.05, 0.1) is 13.2 Å². The molecule has 0 fully saturated rings. The number of hydrogen-bond acceptors (Lipinski definition) is 4. The Hall–Kier alpha value is -0.160. The van der Waals surface area contributed by atoms with Gasteiger partial charge in [0.1, 0.15) is 0 Å². The van der Waals surface area contributed by atoms with E-state index in [4.69, 9.17) is 18.9 Å². The van der Waals surface area contributed by atoms with Crippen LogP contribution in [0.25, 0.3) is 0 Å². The molecule has 0 heterocycles. The molecule has 0 saturated carbocycles. The first-order valence-electron chi connectivity index (χ1n) is 9.35. The van der Waals surface area contributed by atoms with Crippen LogP contribution in [0.5, 0.6) is 0 Å². The summed E-state index contributed by atoms with van der Waals surface area (Å²) in [6.07, 6.45) is 3.33. The fraction of sp³-hybridized carbons (Fsp3) is 1.00. The summed E-state index contributed by atoms with van der Waals surface area (Å²) in [5, 5.41) is 0. The summed E-state index contributed by atoms with van der Waals surface area (Å²) in [4.78, 5) is 0. The summed E-state index contributed by atoms with van der Waals surface area (Å²) >= 11 is 0. The van der Waals surface area contributed by atoms with Crippen molar-refractivity contribution in [3.8, 4) is 0 Å². The molecule has 0 rings (SSSR count). The molecule has 0 aromatic heterocycles. The van der Waals surface area contributed by atoms with Crippen molar-refractivity contribution < 1.29 is 18.9 Å². The zero-order valence-corrected chi connectivity index (χ0v) is 16.6. The summed E-state index contributed by atoms with van der Waals surface area (Å²) in [6.45, 7) is 19.3. The molecule has 0 aliphatic heterocycles. The van der Waals surface area contributed by atoms with E-state index in [1.807, 2.05) is 13.8 Å². The predicted octanol–water partition coefficient (Wildman–Crippen LogP) is 5.20. The van der Waals surface area contributed by atoms with Crippen molar-refractivity contribution >= 4 is 0 Å².